The molecule has 14 aromatic carbocycles. The Hall–Kier alpha value is -11.8. The Labute approximate surface area is 702 Å². The number of ether oxygens (including phenoxy) is 1. The van der Waals surface area contributed by atoms with Crippen LogP contribution in [0.1, 0.15) is 129 Å². The van der Waals surface area contributed by atoms with Crippen molar-refractivity contribution in [3.05, 3.63) is 375 Å². The quantitative estimate of drug-likeness (QED) is 0.162. The highest BCUT2D eigenvalue weighted by molar-refractivity contribution is 7.99. The topological polar surface area (TPSA) is 30.4 Å². The van der Waals surface area contributed by atoms with Gasteiger partial charge in [0.1, 0.15) is 0 Å². The number of hydrogen-bond donors (Lipinski definition) is 0. The van der Waals surface area contributed by atoms with Crippen LogP contribution in [0.25, 0.3) is 21.8 Å². The predicted octanol–water partition coefficient (Wildman–Crippen LogP) is 27.4. The summed E-state index contributed by atoms with van der Waals surface area (Å²) < 4.78 is 8.39. The van der Waals surface area contributed by atoms with Gasteiger partial charge in [0.25, 0.3) is 0 Å². The summed E-state index contributed by atoms with van der Waals surface area (Å²) in [7, 11) is -0.173. The zero-order valence-corrected chi connectivity index (χ0v) is 73.5. The second-order valence-electron chi connectivity index (χ2n) is 36.0. The van der Waals surface area contributed by atoms with Crippen molar-refractivity contribution in [3.8, 4) is 11.5 Å². The monoisotopic (exact) mass is 1570 g/mol. The van der Waals surface area contributed by atoms with Crippen LogP contribution in [0, 0.1) is 0 Å². The fourth-order valence-corrected chi connectivity index (χ4v) is 23.8. The summed E-state index contributed by atoms with van der Waals surface area (Å²) in [6.45, 7) is 38.4. The summed E-state index contributed by atoms with van der Waals surface area (Å²) in [5, 5.41) is 8.48. The fraction of sp³-hybridized carbons (Fsp3) is 0.222. The molecule has 0 aliphatic carbocycles. The van der Waals surface area contributed by atoms with Crippen LogP contribution in [0.15, 0.2) is 374 Å². The van der Waals surface area contributed by atoms with Crippen molar-refractivity contribution in [2.45, 2.75) is 161 Å². The average Bonchev–Trinajstić information content (AvgIpc) is 0.830. The van der Waals surface area contributed by atoms with Crippen molar-refractivity contribution in [1.29, 1.82) is 0 Å². The molecule has 0 fully saturated rings. The first-order valence-electron chi connectivity index (χ1n) is 41.2. The first-order chi connectivity index (χ1) is 56.0. The van der Waals surface area contributed by atoms with Gasteiger partial charge in [-0.05, 0) is 245 Å². The zero-order chi connectivity index (χ0) is 82.7. The molecule has 592 valence electrons. The number of aromatic nitrogens is 1. The van der Waals surface area contributed by atoms with Gasteiger partial charge >= 0.3 is 0 Å². The van der Waals surface area contributed by atoms with Crippen LogP contribution < -0.4 is 50.0 Å². The van der Waals surface area contributed by atoms with E-state index in [4.69, 9.17) is 4.74 Å². The molecule has 4 aliphatic heterocycles. The van der Waals surface area contributed by atoms with Gasteiger partial charge in [0.15, 0.2) is 19.6 Å². The molecule has 7 nitrogen and oxygen atoms in total. The number of rotatable bonds is 4. The number of para-hydroxylation sites is 14. The Kier molecular flexibility index (Phi) is 23.4. The van der Waals surface area contributed by atoms with Gasteiger partial charge in [0.05, 0.1) is 22.7 Å². The second-order valence-corrected chi connectivity index (χ2v) is 40.9. The molecule has 1 aromatic heterocycles. The van der Waals surface area contributed by atoms with Crippen molar-refractivity contribution < 1.29 is 4.74 Å². The van der Waals surface area contributed by atoms with Gasteiger partial charge in [0.2, 0.25) is 0 Å². The normalized spacial score (nSPS) is 13.8. The molecular formula is C108H114N6OSSi. The van der Waals surface area contributed by atoms with Crippen molar-refractivity contribution in [2.24, 2.45) is 0 Å². The molecule has 9 heteroatoms. The molecule has 15 aromatic rings. The van der Waals surface area contributed by atoms with E-state index < -0.39 is 8.07 Å². The Balaban J connectivity index is 0.000000117. The summed E-state index contributed by atoms with van der Waals surface area (Å²) in [6.07, 6.45) is 0. The van der Waals surface area contributed by atoms with Crippen LogP contribution >= 0.6 is 11.8 Å². The molecule has 19 rings (SSSR count). The van der Waals surface area contributed by atoms with Gasteiger partial charge < -0.3 is 33.8 Å². The van der Waals surface area contributed by atoms with E-state index in [0.29, 0.717) is 0 Å². The van der Waals surface area contributed by atoms with E-state index in [1.54, 1.807) is 0 Å². The third-order valence-corrected chi connectivity index (χ3v) is 28.2. The largest absolute Gasteiger partial charge is 0.453 e. The lowest BCUT2D eigenvalue weighted by atomic mass is 9.73. The van der Waals surface area contributed by atoms with Crippen LogP contribution in [0.3, 0.4) is 0 Å². The number of anilines is 10. The van der Waals surface area contributed by atoms with Crippen LogP contribution in [-0.4, -0.2) is 41.8 Å². The maximum Gasteiger partial charge on any atom is 0.183 e. The van der Waals surface area contributed by atoms with Gasteiger partial charge in [-0.1, -0.05) is 280 Å². The summed E-state index contributed by atoms with van der Waals surface area (Å²) in [6, 6.07) is 130. The molecular weight excluding hydrogens is 1460 g/mol. The van der Waals surface area contributed by atoms with Gasteiger partial charge in [0, 0.05) is 106 Å². The highest BCUT2D eigenvalue weighted by Crippen LogP contribution is 2.54. The van der Waals surface area contributed by atoms with E-state index in [9.17, 15) is 0 Å². The number of benzene rings is 14. The van der Waals surface area contributed by atoms with E-state index in [-0.39, 0.29) is 33.1 Å². The molecule has 5 heterocycles. The van der Waals surface area contributed by atoms with Crippen LogP contribution in [-0.2, 0) is 11.0 Å². The molecule has 0 N–H and O–H groups in total. The SMILES string of the molecule is CC(C)(C)N(c1ccccc1)c1ccccc1.CC(C)(C)N1c2ccccc2Oc2ccccc21.CC(C)(C)N1c2ccccc2Sc2ccccc21.CC(C)(C)n1c2ccccc2c2ccccc21.CC1(C)c2ccccc2N(C(C)(C)C)c2ccccc21.CN1c2ccccc2[Si](c2ccccc2)(c2ccccc2)c2ccccc21. The molecule has 0 unspecified atom stereocenters. The summed E-state index contributed by atoms with van der Waals surface area (Å²) in [5.41, 5.74) is 18.5. The number of hydrogen-bond acceptors (Lipinski definition) is 7. The van der Waals surface area contributed by atoms with Crippen LogP contribution in [0.5, 0.6) is 11.5 Å². The van der Waals surface area contributed by atoms with Crippen LogP contribution in [0.4, 0.5) is 56.9 Å². The minimum atomic E-state index is -2.36. The van der Waals surface area contributed by atoms with Crippen molar-refractivity contribution in [2.75, 3.05) is 31.5 Å². The maximum absolute atomic E-state index is 5.96. The summed E-state index contributed by atoms with van der Waals surface area (Å²) >= 11 is 1.86. The van der Waals surface area contributed by atoms with E-state index in [0.717, 1.165) is 22.9 Å². The number of nitrogens with zero attached hydrogens (tertiary/aromatic N) is 6. The Morgan fingerprint density at radius 3 is 0.957 bits per heavy atom. The molecule has 4 aliphatic rings. The van der Waals surface area contributed by atoms with Crippen molar-refractivity contribution >= 4 is 119 Å². The van der Waals surface area contributed by atoms with Crippen LogP contribution in [0.2, 0.25) is 0 Å². The Bertz CT molecular complexity index is 5470. The first-order valence-corrected chi connectivity index (χ1v) is 44.0. The van der Waals surface area contributed by atoms with E-state index >= 15 is 0 Å². The maximum atomic E-state index is 5.96. The highest BCUT2D eigenvalue weighted by atomic mass is 32.2. The molecule has 0 bridgehead atoms. The molecule has 0 atom stereocenters. The lowest BCUT2D eigenvalue weighted by molar-refractivity contribution is 0.423. The summed E-state index contributed by atoms with van der Waals surface area (Å²) in [4.78, 5) is 14.6. The fourth-order valence-electron chi connectivity index (χ4n) is 17.6. The Morgan fingerprint density at radius 1 is 0.291 bits per heavy atom. The lowest BCUT2D eigenvalue weighted by Crippen LogP contribution is -2.77. The minimum Gasteiger partial charge on any atom is -0.453 e. The minimum absolute atomic E-state index is 0.00991. The van der Waals surface area contributed by atoms with Gasteiger partial charge in [-0.15, -0.1) is 0 Å². The average molecular weight is 1570 g/mol. The molecule has 0 saturated carbocycles. The molecule has 0 saturated heterocycles. The molecule has 0 spiro atoms. The first kappa shape index (κ1) is 81.8. The van der Waals surface area contributed by atoms with Crippen molar-refractivity contribution in [3.63, 3.8) is 0 Å². The van der Waals surface area contributed by atoms with Gasteiger partial charge in [-0.25, -0.2) is 0 Å². The predicted molar refractivity (Wildman–Crippen MR) is 508 cm³/mol. The standard InChI is InChI=1S/C25H21NSi.C19H23N.C16H17NO.C16H17NS.C16H17N.C16H19N/c1-26-22-16-8-10-18-24(22)27(20-12-4-2-5-13-20,21-14-6-3-7-15-21)25-19-11-9-17-23(25)26;1-18(2,3)20-16-12-8-6-10-14(16)19(4,5)15-11-7-9-13-17(15)20;2*1-16(2,3)17-12-8-4-6-10-14(12)18-15-11-7-5-9-13(15)17;1-16(2,3)17-14-10-6-4-8-12(14)13-9-5-7-11-15(13)17;1-16(2,3)17(14-10-6-4-7-11-14)15-12-8-5-9-13-15/h2-19H,1H3;6-13H,1-5H3;2*4-11H,1-3H3;4-11H,1-3H3;4-13H,1-3H3. The second kappa shape index (κ2) is 33.5. The summed E-state index contributed by atoms with van der Waals surface area (Å²) in [5.74, 6) is 1.84. The number of fused-ring (bicyclic) bond motifs is 11. The third kappa shape index (κ3) is 16.6. The third-order valence-electron chi connectivity index (χ3n) is 22.2. The smallest absolute Gasteiger partial charge is 0.183 e. The van der Waals surface area contributed by atoms with E-state index in [2.05, 4.69) is 494 Å². The highest BCUT2D eigenvalue weighted by Gasteiger charge is 2.48. The Morgan fingerprint density at radius 2 is 0.581 bits per heavy atom. The van der Waals surface area contributed by atoms with Gasteiger partial charge in [-0.2, -0.15) is 0 Å². The zero-order valence-electron chi connectivity index (χ0n) is 71.6. The van der Waals surface area contributed by atoms with Gasteiger partial charge in [-0.3, -0.25) is 0 Å². The molecule has 0 amide bonds. The molecule has 117 heavy (non-hydrogen) atoms. The van der Waals surface area contributed by atoms with Crippen molar-refractivity contribution in [1.82, 2.24) is 4.57 Å². The van der Waals surface area contributed by atoms with E-state index in [1.165, 1.54) is 109 Å². The lowest BCUT2D eigenvalue weighted by Gasteiger charge is -2.47. The van der Waals surface area contributed by atoms with E-state index in [1.807, 2.05) is 36.0 Å². The molecule has 0 radical (unpaired) electrons.